The molecule has 1 rings (SSSR count). The van der Waals surface area contributed by atoms with Crippen molar-refractivity contribution in [2.24, 2.45) is 0 Å². The van der Waals surface area contributed by atoms with Crippen LogP contribution in [-0.4, -0.2) is 24.3 Å². The lowest BCUT2D eigenvalue weighted by atomic mass is 10.1. The van der Waals surface area contributed by atoms with Gasteiger partial charge in [-0.3, -0.25) is 0 Å². The van der Waals surface area contributed by atoms with Crippen molar-refractivity contribution in [3.63, 3.8) is 0 Å². The Morgan fingerprint density at radius 3 is 2.22 bits per heavy atom. The molecule has 0 heterocycles. The molecule has 3 N–H and O–H groups in total. The predicted molar refractivity (Wildman–Crippen MR) is 74.0 cm³/mol. The summed E-state index contributed by atoms with van der Waals surface area (Å²) in [6, 6.07) is 4.87. The molecule has 4 heteroatoms. The maximum absolute atomic E-state index is 10.5. The van der Waals surface area contributed by atoms with Gasteiger partial charge in [-0.25, -0.2) is 4.79 Å². The fourth-order valence-corrected chi connectivity index (χ4v) is 1.27. The number of nitrogen functional groups attached to an aromatic ring is 1. The van der Waals surface area contributed by atoms with Crippen LogP contribution in [0.4, 0.5) is 5.69 Å². The summed E-state index contributed by atoms with van der Waals surface area (Å²) in [5, 5.41) is 8.58. The number of benzene rings is 1. The third-order valence-corrected chi connectivity index (χ3v) is 2.13. The molecule has 1 aromatic carbocycles. The molecule has 1 aromatic rings. The minimum atomic E-state index is -0.984. The average molecular weight is 253 g/mol. The molecule has 0 bridgehead atoms. The number of hydrogen-bond donors (Lipinski definition) is 2. The highest BCUT2D eigenvalue weighted by Gasteiger charge is 2.05. The Hall–Kier alpha value is -1.55. The summed E-state index contributed by atoms with van der Waals surface area (Å²) in [7, 11) is 0. The van der Waals surface area contributed by atoms with Gasteiger partial charge in [-0.2, -0.15) is 0 Å². The lowest BCUT2D eigenvalue weighted by Crippen LogP contribution is -2.01. The first-order chi connectivity index (χ1) is 8.52. The summed E-state index contributed by atoms with van der Waals surface area (Å²) >= 11 is 0. The number of carboxylic acid groups (broad SMARTS) is 1. The van der Waals surface area contributed by atoms with Crippen molar-refractivity contribution in [1.29, 1.82) is 0 Å². The number of nitrogens with two attached hydrogens (primary N) is 1. The van der Waals surface area contributed by atoms with Crippen LogP contribution in [0.15, 0.2) is 18.2 Å². The van der Waals surface area contributed by atoms with Crippen LogP contribution in [0, 0.1) is 6.92 Å². The Morgan fingerprint density at radius 1 is 1.28 bits per heavy atom. The van der Waals surface area contributed by atoms with Gasteiger partial charge in [0.1, 0.15) is 0 Å². The van der Waals surface area contributed by atoms with Crippen molar-refractivity contribution in [2.45, 2.75) is 33.6 Å². The molecule has 0 saturated carbocycles. The van der Waals surface area contributed by atoms with E-state index in [1.165, 1.54) is 6.07 Å². The fraction of sp³-hybridized carbons (Fsp3) is 0.500. The highest BCUT2D eigenvalue weighted by atomic mass is 16.5. The zero-order valence-electron chi connectivity index (χ0n) is 11.4. The standard InChI is InChI=1S/C8H9NO2.C6H14O/c1-5-2-3-6(8(10)11)7(9)4-5;1-3-5-7-6-4-2/h2-4H,9H2,1H3,(H,10,11);3-6H2,1-2H3. The van der Waals surface area contributed by atoms with Gasteiger partial charge >= 0.3 is 5.97 Å². The molecule has 18 heavy (non-hydrogen) atoms. The van der Waals surface area contributed by atoms with Crippen molar-refractivity contribution >= 4 is 11.7 Å². The van der Waals surface area contributed by atoms with Crippen LogP contribution in [0.25, 0.3) is 0 Å². The number of aromatic carboxylic acids is 1. The molecule has 102 valence electrons. The van der Waals surface area contributed by atoms with Gasteiger partial charge in [-0.15, -0.1) is 0 Å². The Kier molecular flexibility index (Phi) is 8.66. The molecule has 0 saturated heterocycles. The van der Waals surface area contributed by atoms with Gasteiger partial charge in [-0.05, 0) is 37.5 Å². The number of anilines is 1. The molecule has 0 aliphatic heterocycles. The number of rotatable bonds is 5. The van der Waals surface area contributed by atoms with Crippen molar-refractivity contribution in [3.05, 3.63) is 29.3 Å². The normalized spacial score (nSPS) is 9.50. The second-order valence-electron chi connectivity index (χ2n) is 4.01. The first-order valence-corrected chi connectivity index (χ1v) is 6.20. The second-order valence-corrected chi connectivity index (χ2v) is 4.01. The summed E-state index contributed by atoms with van der Waals surface area (Å²) < 4.78 is 5.13. The average Bonchev–Trinajstić information content (AvgIpc) is 2.30. The van der Waals surface area contributed by atoms with Crippen molar-refractivity contribution in [3.8, 4) is 0 Å². The Morgan fingerprint density at radius 2 is 1.83 bits per heavy atom. The van der Waals surface area contributed by atoms with Crippen LogP contribution in [0.1, 0.15) is 42.6 Å². The lowest BCUT2D eigenvalue weighted by molar-refractivity contribution is 0.0698. The number of ether oxygens (including phenoxy) is 1. The molecule has 0 unspecified atom stereocenters. The number of carbonyl (C=O) groups is 1. The topological polar surface area (TPSA) is 72.5 Å². The molecule has 0 radical (unpaired) electrons. The third kappa shape index (κ3) is 6.91. The van der Waals surface area contributed by atoms with Crippen molar-refractivity contribution in [1.82, 2.24) is 0 Å². The van der Waals surface area contributed by atoms with Crippen LogP contribution < -0.4 is 5.73 Å². The van der Waals surface area contributed by atoms with Crippen LogP contribution in [0.2, 0.25) is 0 Å². The minimum absolute atomic E-state index is 0.163. The van der Waals surface area contributed by atoms with Gasteiger partial charge in [0.2, 0.25) is 0 Å². The zero-order chi connectivity index (χ0) is 14.0. The highest BCUT2D eigenvalue weighted by molar-refractivity contribution is 5.93. The van der Waals surface area contributed by atoms with E-state index < -0.39 is 5.97 Å². The monoisotopic (exact) mass is 253 g/mol. The van der Waals surface area contributed by atoms with E-state index >= 15 is 0 Å². The summed E-state index contributed by atoms with van der Waals surface area (Å²) in [6.45, 7) is 7.95. The van der Waals surface area contributed by atoms with Gasteiger partial charge < -0.3 is 15.6 Å². The molecular weight excluding hydrogens is 230 g/mol. The van der Waals surface area contributed by atoms with E-state index in [1.54, 1.807) is 12.1 Å². The molecule has 0 amide bonds. The second kappa shape index (κ2) is 9.48. The van der Waals surface area contributed by atoms with E-state index in [9.17, 15) is 4.79 Å². The summed E-state index contributed by atoms with van der Waals surface area (Å²) in [5.74, 6) is -0.984. The zero-order valence-corrected chi connectivity index (χ0v) is 11.4. The maximum Gasteiger partial charge on any atom is 0.337 e. The fourth-order valence-electron chi connectivity index (χ4n) is 1.27. The lowest BCUT2D eigenvalue weighted by Gasteiger charge is -2.00. The molecule has 0 aliphatic rings. The van der Waals surface area contributed by atoms with Crippen molar-refractivity contribution < 1.29 is 14.6 Å². The van der Waals surface area contributed by atoms with Gasteiger partial charge in [0.15, 0.2) is 0 Å². The smallest absolute Gasteiger partial charge is 0.337 e. The van der Waals surface area contributed by atoms with Crippen LogP contribution >= 0.6 is 0 Å². The minimum Gasteiger partial charge on any atom is -0.478 e. The van der Waals surface area contributed by atoms with Crippen molar-refractivity contribution in [2.75, 3.05) is 18.9 Å². The summed E-state index contributed by atoms with van der Waals surface area (Å²) in [4.78, 5) is 10.5. The van der Waals surface area contributed by atoms with Crippen LogP contribution in [0.3, 0.4) is 0 Å². The van der Waals surface area contributed by atoms with E-state index in [4.69, 9.17) is 15.6 Å². The molecular formula is C14H23NO3. The van der Waals surface area contributed by atoms with Crippen LogP contribution in [0.5, 0.6) is 0 Å². The van der Waals surface area contributed by atoms with E-state index in [0.29, 0.717) is 5.69 Å². The number of aryl methyl sites for hydroxylation is 1. The van der Waals surface area contributed by atoms with E-state index in [0.717, 1.165) is 31.6 Å². The molecule has 4 nitrogen and oxygen atoms in total. The molecule has 0 aliphatic carbocycles. The molecule has 0 fully saturated rings. The molecule has 0 spiro atoms. The maximum atomic E-state index is 10.5. The largest absolute Gasteiger partial charge is 0.478 e. The van der Waals surface area contributed by atoms with E-state index in [2.05, 4.69) is 13.8 Å². The van der Waals surface area contributed by atoms with Crippen LogP contribution in [-0.2, 0) is 4.74 Å². The van der Waals surface area contributed by atoms with Gasteiger partial charge in [-0.1, -0.05) is 19.9 Å². The van der Waals surface area contributed by atoms with Gasteiger partial charge in [0.25, 0.3) is 0 Å². The quantitative estimate of drug-likeness (QED) is 0.624. The van der Waals surface area contributed by atoms with Gasteiger partial charge in [0, 0.05) is 18.9 Å². The Balaban J connectivity index is 0.000000360. The Labute approximate surface area is 109 Å². The highest BCUT2D eigenvalue weighted by Crippen LogP contribution is 2.12. The molecule has 0 atom stereocenters. The number of hydrogen-bond acceptors (Lipinski definition) is 3. The number of carboxylic acids is 1. The first kappa shape index (κ1) is 16.4. The Bertz CT molecular complexity index is 360. The van der Waals surface area contributed by atoms with E-state index in [1.807, 2.05) is 6.92 Å². The molecule has 0 aromatic heterocycles. The first-order valence-electron chi connectivity index (χ1n) is 6.20. The van der Waals surface area contributed by atoms with E-state index in [-0.39, 0.29) is 5.56 Å². The third-order valence-electron chi connectivity index (χ3n) is 2.13. The summed E-state index contributed by atoms with van der Waals surface area (Å²) in [5.41, 5.74) is 6.89. The predicted octanol–water partition coefficient (Wildman–Crippen LogP) is 3.10. The SMILES string of the molecule is CCCOCCC.Cc1ccc(C(=O)O)c(N)c1. The summed E-state index contributed by atoms with van der Waals surface area (Å²) in [6.07, 6.45) is 2.28. The van der Waals surface area contributed by atoms with Gasteiger partial charge in [0.05, 0.1) is 5.56 Å².